The summed E-state index contributed by atoms with van der Waals surface area (Å²) in [5.41, 5.74) is 2.59. The molecule has 2 rings (SSSR count). The van der Waals surface area contributed by atoms with Gasteiger partial charge in [-0.15, -0.1) is 0 Å². The second kappa shape index (κ2) is 9.59. The number of rotatable bonds is 9. The molecule has 28 heavy (non-hydrogen) atoms. The zero-order valence-corrected chi connectivity index (χ0v) is 17.6. The number of hydrogen-bond donors (Lipinski definition) is 1. The third-order valence-corrected chi connectivity index (χ3v) is 5.46. The van der Waals surface area contributed by atoms with Crippen LogP contribution in [0.15, 0.2) is 48.5 Å². The fourth-order valence-corrected chi connectivity index (χ4v) is 4.13. The molecule has 2 aromatic rings. The summed E-state index contributed by atoms with van der Waals surface area (Å²) >= 11 is 0. The molecule has 0 aliphatic rings. The molecule has 0 spiro atoms. The van der Waals surface area contributed by atoms with Crippen LogP contribution in [0.3, 0.4) is 0 Å². The molecule has 0 aliphatic heterocycles. The summed E-state index contributed by atoms with van der Waals surface area (Å²) in [7, 11) is -3.62. The number of carbonyl (C=O) groups is 1. The van der Waals surface area contributed by atoms with Crippen LogP contribution in [0.5, 0.6) is 5.75 Å². The van der Waals surface area contributed by atoms with Gasteiger partial charge in [0.2, 0.25) is 15.9 Å². The van der Waals surface area contributed by atoms with Gasteiger partial charge in [0.15, 0.2) is 0 Å². The summed E-state index contributed by atoms with van der Waals surface area (Å²) in [6.07, 6.45) is 1.47. The fraction of sp³-hybridized carbons (Fsp3) is 0.381. The van der Waals surface area contributed by atoms with E-state index in [0.717, 1.165) is 23.1 Å². The van der Waals surface area contributed by atoms with Gasteiger partial charge >= 0.3 is 0 Å². The molecule has 7 heteroatoms. The number of amides is 1. The lowest BCUT2D eigenvalue weighted by Gasteiger charge is -2.30. The molecular weight excluding hydrogens is 376 g/mol. The first-order valence-electron chi connectivity index (χ1n) is 9.25. The van der Waals surface area contributed by atoms with Crippen molar-refractivity contribution in [2.45, 2.75) is 33.2 Å². The molecule has 0 bridgehead atoms. The van der Waals surface area contributed by atoms with Crippen molar-refractivity contribution in [3.63, 3.8) is 0 Å². The first-order valence-corrected chi connectivity index (χ1v) is 11.1. The zero-order valence-electron chi connectivity index (χ0n) is 16.8. The molecule has 1 N–H and O–H groups in total. The third kappa shape index (κ3) is 5.99. The predicted octanol–water partition coefficient (Wildman–Crippen LogP) is 3.04. The van der Waals surface area contributed by atoms with Gasteiger partial charge in [-0.3, -0.25) is 9.10 Å². The Balaban J connectivity index is 2.04. The highest BCUT2D eigenvalue weighted by Crippen LogP contribution is 2.23. The molecule has 0 heterocycles. The minimum Gasteiger partial charge on any atom is -0.492 e. The Kier molecular flexibility index (Phi) is 7.45. The van der Waals surface area contributed by atoms with Gasteiger partial charge in [0.05, 0.1) is 18.5 Å². The molecule has 0 aromatic heterocycles. The van der Waals surface area contributed by atoms with Crippen molar-refractivity contribution in [3.8, 4) is 5.75 Å². The molecule has 0 saturated carbocycles. The first-order chi connectivity index (χ1) is 13.2. The largest absolute Gasteiger partial charge is 0.492 e. The van der Waals surface area contributed by atoms with Crippen molar-refractivity contribution in [1.82, 2.24) is 5.32 Å². The average Bonchev–Trinajstić information content (AvgIpc) is 2.63. The van der Waals surface area contributed by atoms with E-state index in [4.69, 9.17) is 4.74 Å². The number of carbonyl (C=O) groups excluding carboxylic acids is 1. The van der Waals surface area contributed by atoms with Gasteiger partial charge in [0.25, 0.3) is 0 Å². The van der Waals surface area contributed by atoms with Crippen LogP contribution in [0.25, 0.3) is 0 Å². The number of sulfonamides is 1. The standard InChI is InChI=1S/C21H28N2O4S/c1-5-20(23(28(4,25)26)18-11-9-16(2)10-12-18)21(24)22-13-14-27-19-8-6-7-17(3)15-19/h6-12,15,20H,5,13-14H2,1-4H3,(H,22,24)/t20-/m0/s1. The maximum absolute atomic E-state index is 12.7. The predicted molar refractivity (Wildman–Crippen MR) is 112 cm³/mol. The zero-order chi connectivity index (χ0) is 20.7. The van der Waals surface area contributed by atoms with Crippen LogP contribution in [-0.2, 0) is 14.8 Å². The van der Waals surface area contributed by atoms with E-state index in [9.17, 15) is 13.2 Å². The van der Waals surface area contributed by atoms with Gasteiger partial charge in [-0.25, -0.2) is 8.42 Å². The lowest BCUT2D eigenvalue weighted by Crippen LogP contribution is -2.50. The second-order valence-corrected chi connectivity index (χ2v) is 8.63. The number of anilines is 1. The van der Waals surface area contributed by atoms with Gasteiger partial charge in [-0.2, -0.15) is 0 Å². The number of nitrogens with one attached hydrogen (secondary N) is 1. The molecular formula is C21H28N2O4S. The van der Waals surface area contributed by atoms with Crippen molar-refractivity contribution < 1.29 is 17.9 Å². The molecule has 2 aromatic carbocycles. The van der Waals surface area contributed by atoms with Gasteiger partial charge in [-0.05, 0) is 50.1 Å². The molecule has 0 fully saturated rings. The van der Waals surface area contributed by atoms with Crippen LogP contribution in [0.4, 0.5) is 5.69 Å². The van der Waals surface area contributed by atoms with E-state index in [1.165, 1.54) is 4.31 Å². The fourth-order valence-electron chi connectivity index (χ4n) is 2.92. The van der Waals surface area contributed by atoms with E-state index in [-0.39, 0.29) is 12.5 Å². The molecule has 152 valence electrons. The summed E-state index contributed by atoms with van der Waals surface area (Å²) < 4.78 is 31.6. The van der Waals surface area contributed by atoms with Crippen LogP contribution in [-0.4, -0.2) is 39.8 Å². The van der Waals surface area contributed by atoms with Crippen LogP contribution in [0, 0.1) is 13.8 Å². The smallest absolute Gasteiger partial charge is 0.244 e. The topological polar surface area (TPSA) is 75.7 Å². The lowest BCUT2D eigenvalue weighted by atomic mass is 10.1. The molecule has 1 amide bonds. The highest BCUT2D eigenvalue weighted by Gasteiger charge is 2.31. The van der Waals surface area contributed by atoms with Crippen molar-refractivity contribution in [2.24, 2.45) is 0 Å². The first kappa shape index (κ1) is 21.8. The van der Waals surface area contributed by atoms with E-state index in [2.05, 4.69) is 5.32 Å². The van der Waals surface area contributed by atoms with Crippen LogP contribution in [0.1, 0.15) is 24.5 Å². The molecule has 6 nitrogen and oxygen atoms in total. The van der Waals surface area contributed by atoms with Crippen molar-refractivity contribution in [1.29, 1.82) is 0 Å². The highest BCUT2D eigenvalue weighted by molar-refractivity contribution is 7.92. The summed E-state index contributed by atoms with van der Waals surface area (Å²) in [6.45, 7) is 6.28. The third-order valence-electron chi connectivity index (χ3n) is 4.28. The van der Waals surface area contributed by atoms with Crippen LogP contribution in [0.2, 0.25) is 0 Å². The Hall–Kier alpha value is -2.54. The summed E-state index contributed by atoms with van der Waals surface area (Å²) in [4.78, 5) is 12.7. The Morgan fingerprint density at radius 1 is 1.11 bits per heavy atom. The maximum atomic E-state index is 12.7. The Bertz CT molecular complexity index is 895. The van der Waals surface area contributed by atoms with E-state index >= 15 is 0 Å². The van der Waals surface area contributed by atoms with E-state index in [0.29, 0.717) is 18.7 Å². The molecule has 0 aliphatic carbocycles. The molecule has 0 saturated heterocycles. The quantitative estimate of drug-likeness (QED) is 0.652. The molecule has 0 radical (unpaired) electrons. The number of hydrogen-bond acceptors (Lipinski definition) is 4. The normalized spacial score (nSPS) is 12.3. The number of benzene rings is 2. The summed E-state index contributed by atoms with van der Waals surface area (Å²) in [6, 6.07) is 13.9. The van der Waals surface area contributed by atoms with Gasteiger partial charge in [0.1, 0.15) is 18.4 Å². The van der Waals surface area contributed by atoms with E-state index in [1.807, 2.05) is 50.2 Å². The minimum absolute atomic E-state index is 0.286. The van der Waals surface area contributed by atoms with Gasteiger partial charge in [0, 0.05) is 0 Å². The lowest BCUT2D eigenvalue weighted by molar-refractivity contribution is -0.122. The van der Waals surface area contributed by atoms with E-state index < -0.39 is 16.1 Å². The minimum atomic E-state index is -3.62. The summed E-state index contributed by atoms with van der Waals surface area (Å²) in [5.74, 6) is 0.389. The van der Waals surface area contributed by atoms with Crippen LogP contribution < -0.4 is 14.4 Å². The van der Waals surface area contributed by atoms with Crippen molar-refractivity contribution in [3.05, 3.63) is 59.7 Å². The van der Waals surface area contributed by atoms with Gasteiger partial charge in [-0.1, -0.05) is 36.8 Å². The number of ether oxygens (including phenoxy) is 1. The Morgan fingerprint density at radius 2 is 1.79 bits per heavy atom. The van der Waals surface area contributed by atoms with Crippen molar-refractivity contribution >= 4 is 21.6 Å². The maximum Gasteiger partial charge on any atom is 0.244 e. The van der Waals surface area contributed by atoms with Gasteiger partial charge < -0.3 is 10.1 Å². The molecule has 1 atom stereocenters. The second-order valence-electron chi connectivity index (χ2n) is 6.77. The van der Waals surface area contributed by atoms with Crippen LogP contribution >= 0.6 is 0 Å². The number of nitrogens with zero attached hydrogens (tertiary/aromatic N) is 1. The SMILES string of the molecule is CC[C@@H](C(=O)NCCOc1cccc(C)c1)N(c1ccc(C)cc1)S(C)(=O)=O. The highest BCUT2D eigenvalue weighted by atomic mass is 32.2. The van der Waals surface area contributed by atoms with Crippen molar-refractivity contribution in [2.75, 3.05) is 23.7 Å². The summed E-state index contributed by atoms with van der Waals surface area (Å²) in [5, 5.41) is 2.78. The number of aryl methyl sites for hydroxylation is 2. The Labute approximate surface area is 167 Å². The van der Waals surface area contributed by atoms with E-state index in [1.54, 1.807) is 19.1 Å². The Morgan fingerprint density at radius 3 is 2.36 bits per heavy atom. The molecule has 0 unspecified atom stereocenters. The average molecular weight is 405 g/mol. The monoisotopic (exact) mass is 404 g/mol.